The van der Waals surface area contributed by atoms with Crippen LogP contribution in [-0.2, 0) is 19.4 Å². The highest BCUT2D eigenvalue weighted by atomic mass is 35.5. The van der Waals surface area contributed by atoms with Crippen LogP contribution in [-0.4, -0.2) is 33.2 Å². The van der Waals surface area contributed by atoms with Gasteiger partial charge in [0.1, 0.15) is 11.6 Å². The highest BCUT2D eigenvalue weighted by Crippen LogP contribution is 2.25. The molecule has 1 aromatic carbocycles. The summed E-state index contributed by atoms with van der Waals surface area (Å²) < 4.78 is 5.37. The van der Waals surface area contributed by atoms with Gasteiger partial charge in [-0.05, 0) is 31.5 Å². The third kappa shape index (κ3) is 5.77. The van der Waals surface area contributed by atoms with Crippen molar-refractivity contribution in [2.75, 3.05) is 18.0 Å². The summed E-state index contributed by atoms with van der Waals surface area (Å²) in [5.41, 5.74) is 6.63. The third-order valence-corrected chi connectivity index (χ3v) is 4.10. The number of nitrogens with two attached hydrogens (primary N) is 1. The van der Waals surface area contributed by atoms with E-state index in [9.17, 15) is 0 Å². The van der Waals surface area contributed by atoms with Gasteiger partial charge in [-0.3, -0.25) is 0 Å². The summed E-state index contributed by atoms with van der Waals surface area (Å²) in [4.78, 5) is 16.0. The Bertz CT molecular complexity index is 871. The first-order chi connectivity index (χ1) is 12.6. The number of rotatable bonds is 8. The van der Waals surface area contributed by atoms with Gasteiger partial charge in [0, 0.05) is 24.8 Å². The fourth-order valence-corrected chi connectivity index (χ4v) is 2.88. The van der Waals surface area contributed by atoms with Gasteiger partial charge >= 0.3 is 0 Å². The molecule has 2 heterocycles. The normalized spacial score (nSPS) is 10.6. The van der Waals surface area contributed by atoms with Crippen LogP contribution < -0.4 is 10.6 Å². The van der Waals surface area contributed by atoms with E-state index >= 15 is 0 Å². The zero-order valence-corrected chi connectivity index (χ0v) is 18.1. The molecule has 0 saturated heterocycles. The highest BCUT2D eigenvalue weighted by molar-refractivity contribution is 5.89. The van der Waals surface area contributed by atoms with Crippen molar-refractivity contribution in [1.82, 2.24) is 20.1 Å². The molecule has 0 fully saturated rings. The Labute approximate surface area is 177 Å². The fourth-order valence-electron chi connectivity index (χ4n) is 2.88. The van der Waals surface area contributed by atoms with Crippen LogP contribution in [0.3, 0.4) is 0 Å². The van der Waals surface area contributed by atoms with Crippen LogP contribution in [0.1, 0.15) is 38.3 Å². The summed E-state index contributed by atoms with van der Waals surface area (Å²) in [6.07, 6.45) is 1.44. The summed E-state index contributed by atoms with van der Waals surface area (Å²) in [6, 6.07) is 8.03. The van der Waals surface area contributed by atoms with Crippen molar-refractivity contribution in [2.45, 2.75) is 40.2 Å². The van der Waals surface area contributed by atoms with Gasteiger partial charge in [-0.15, -0.1) is 24.8 Å². The first-order valence-electron chi connectivity index (χ1n) is 9.12. The molecule has 0 radical (unpaired) electrons. The van der Waals surface area contributed by atoms with Crippen molar-refractivity contribution < 1.29 is 4.52 Å². The largest absolute Gasteiger partial charge is 0.349 e. The van der Waals surface area contributed by atoms with Crippen LogP contribution in [0.2, 0.25) is 0 Å². The molecule has 0 aliphatic carbocycles. The molecule has 2 N–H and O–H groups in total. The van der Waals surface area contributed by atoms with Crippen molar-refractivity contribution in [3.8, 4) is 0 Å². The Balaban J connectivity index is 0.00000196. The smallest absolute Gasteiger partial charge is 0.226 e. The lowest BCUT2D eigenvalue weighted by atomic mass is 10.1. The van der Waals surface area contributed by atoms with Gasteiger partial charge in [-0.1, -0.05) is 31.1 Å². The number of halogens is 2. The van der Waals surface area contributed by atoms with Crippen molar-refractivity contribution in [3.63, 3.8) is 0 Å². The van der Waals surface area contributed by atoms with Crippen LogP contribution in [0.4, 0.5) is 5.82 Å². The van der Waals surface area contributed by atoms with E-state index in [1.54, 1.807) is 0 Å². The second-order valence-electron chi connectivity index (χ2n) is 6.74. The SMILES string of the molecule is CCN(Cc1noc(CC(C)C)n1)c1nc(CCN)nc2ccccc12.Cl.Cl. The summed E-state index contributed by atoms with van der Waals surface area (Å²) in [5.74, 6) is 3.48. The van der Waals surface area contributed by atoms with Gasteiger partial charge in [-0.2, -0.15) is 4.98 Å². The van der Waals surface area contributed by atoms with Crippen molar-refractivity contribution in [3.05, 3.63) is 41.8 Å². The molecule has 28 heavy (non-hydrogen) atoms. The van der Waals surface area contributed by atoms with E-state index in [-0.39, 0.29) is 24.8 Å². The van der Waals surface area contributed by atoms with Crippen LogP contribution in [0.15, 0.2) is 28.8 Å². The molecule has 0 amide bonds. The van der Waals surface area contributed by atoms with E-state index in [4.69, 9.17) is 15.2 Å². The van der Waals surface area contributed by atoms with E-state index in [1.807, 2.05) is 24.3 Å². The van der Waals surface area contributed by atoms with Crippen molar-refractivity contribution in [1.29, 1.82) is 0 Å². The molecule has 154 valence electrons. The van der Waals surface area contributed by atoms with Crippen LogP contribution >= 0.6 is 24.8 Å². The second kappa shape index (κ2) is 11.1. The standard InChI is InChI=1S/C19H26N6O.2ClH/c1-4-25(12-17-22-18(26-24-17)11-13(2)3)19-14-7-5-6-8-15(14)21-16(23-19)9-10-20;;/h5-8,13H,4,9-12,20H2,1-3H3;2*1H. The number of fused-ring (bicyclic) bond motifs is 1. The molecule has 0 bridgehead atoms. The van der Waals surface area contributed by atoms with Crippen LogP contribution in [0, 0.1) is 5.92 Å². The molecule has 9 heteroatoms. The van der Waals surface area contributed by atoms with Crippen LogP contribution in [0.25, 0.3) is 10.9 Å². The minimum absolute atomic E-state index is 0. The average Bonchev–Trinajstić information content (AvgIpc) is 3.05. The predicted octanol–water partition coefficient (Wildman–Crippen LogP) is 3.58. The number of hydrogen-bond donors (Lipinski definition) is 1. The molecule has 0 aliphatic rings. The van der Waals surface area contributed by atoms with Crippen molar-refractivity contribution in [2.24, 2.45) is 11.7 Å². The Morgan fingerprint density at radius 3 is 2.50 bits per heavy atom. The maximum atomic E-state index is 5.70. The van der Waals surface area contributed by atoms with E-state index < -0.39 is 0 Å². The number of anilines is 1. The molecule has 3 rings (SSSR count). The monoisotopic (exact) mass is 426 g/mol. The van der Waals surface area contributed by atoms with Gasteiger partial charge in [0.05, 0.1) is 12.1 Å². The molecule has 0 saturated carbocycles. The lowest BCUT2D eigenvalue weighted by molar-refractivity contribution is 0.358. The van der Waals surface area contributed by atoms with E-state index in [2.05, 4.69) is 40.8 Å². The van der Waals surface area contributed by atoms with Crippen LogP contribution in [0.5, 0.6) is 0 Å². The summed E-state index contributed by atoms with van der Waals surface area (Å²) in [5, 5.41) is 5.14. The molecule has 2 aromatic heterocycles. The Kier molecular flexibility index (Phi) is 9.58. The zero-order valence-electron chi connectivity index (χ0n) is 16.5. The lowest BCUT2D eigenvalue weighted by Crippen LogP contribution is -2.25. The Morgan fingerprint density at radius 2 is 1.82 bits per heavy atom. The summed E-state index contributed by atoms with van der Waals surface area (Å²) >= 11 is 0. The number of nitrogens with zero attached hydrogens (tertiary/aromatic N) is 5. The molecule has 7 nitrogen and oxygen atoms in total. The number of aromatic nitrogens is 4. The minimum atomic E-state index is 0. The maximum absolute atomic E-state index is 5.70. The minimum Gasteiger partial charge on any atom is -0.349 e. The average molecular weight is 427 g/mol. The van der Waals surface area contributed by atoms with E-state index in [1.165, 1.54) is 0 Å². The molecular formula is C19H28Cl2N6O. The first kappa shape index (κ1) is 24.1. The molecule has 0 spiro atoms. The van der Waals surface area contributed by atoms with Gasteiger partial charge in [0.25, 0.3) is 0 Å². The Morgan fingerprint density at radius 1 is 1.07 bits per heavy atom. The third-order valence-electron chi connectivity index (χ3n) is 4.10. The van der Waals surface area contributed by atoms with Gasteiger partial charge < -0.3 is 15.2 Å². The quantitative estimate of drug-likeness (QED) is 0.587. The predicted molar refractivity (Wildman–Crippen MR) is 116 cm³/mol. The lowest BCUT2D eigenvalue weighted by Gasteiger charge is -2.22. The molecular weight excluding hydrogens is 399 g/mol. The summed E-state index contributed by atoms with van der Waals surface area (Å²) in [7, 11) is 0. The first-order valence-corrected chi connectivity index (χ1v) is 9.12. The van der Waals surface area contributed by atoms with E-state index in [0.29, 0.717) is 37.1 Å². The van der Waals surface area contributed by atoms with Gasteiger partial charge in [0.15, 0.2) is 5.82 Å². The van der Waals surface area contributed by atoms with Gasteiger partial charge in [-0.25, -0.2) is 9.97 Å². The zero-order chi connectivity index (χ0) is 18.5. The topological polar surface area (TPSA) is 94.0 Å². The summed E-state index contributed by atoms with van der Waals surface area (Å²) in [6.45, 7) is 8.20. The fraction of sp³-hybridized carbons (Fsp3) is 0.474. The molecule has 0 atom stereocenters. The van der Waals surface area contributed by atoms with Crippen molar-refractivity contribution >= 4 is 41.5 Å². The highest BCUT2D eigenvalue weighted by Gasteiger charge is 2.17. The Hall–Kier alpha value is -1.96. The van der Waals surface area contributed by atoms with Gasteiger partial charge in [0.2, 0.25) is 5.89 Å². The molecule has 3 aromatic rings. The van der Waals surface area contributed by atoms with E-state index in [0.717, 1.165) is 35.5 Å². The number of para-hydroxylation sites is 1. The molecule has 0 aliphatic heterocycles. The maximum Gasteiger partial charge on any atom is 0.226 e. The second-order valence-corrected chi connectivity index (χ2v) is 6.74. The number of hydrogen-bond acceptors (Lipinski definition) is 7. The number of benzene rings is 1. The molecule has 0 unspecified atom stereocenters.